The SMILES string of the molecule is CCCNC(=O)C(Cc1ccccc1)NS(=O)(=O)c1ccc(OC)c(C)c1. The maximum absolute atomic E-state index is 12.8. The van der Waals surface area contributed by atoms with Crippen LogP contribution in [0.25, 0.3) is 0 Å². The second-order valence-corrected chi connectivity index (χ2v) is 8.00. The Morgan fingerprint density at radius 3 is 2.44 bits per heavy atom. The van der Waals surface area contributed by atoms with Crippen molar-refractivity contribution in [1.29, 1.82) is 0 Å². The van der Waals surface area contributed by atoms with Crippen LogP contribution in [0.5, 0.6) is 5.75 Å². The van der Waals surface area contributed by atoms with Gasteiger partial charge in [0.05, 0.1) is 12.0 Å². The van der Waals surface area contributed by atoms with Crippen LogP contribution in [0.15, 0.2) is 53.4 Å². The molecule has 146 valence electrons. The van der Waals surface area contributed by atoms with Gasteiger partial charge in [-0.15, -0.1) is 0 Å². The van der Waals surface area contributed by atoms with Gasteiger partial charge in [-0.25, -0.2) is 8.42 Å². The van der Waals surface area contributed by atoms with Crippen LogP contribution in [0, 0.1) is 6.92 Å². The van der Waals surface area contributed by atoms with Crippen LogP contribution in [-0.2, 0) is 21.2 Å². The van der Waals surface area contributed by atoms with Crippen LogP contribution in [0.4, 0.5) is 0 Å². The van der Waals surface area contributed by atoms with Gasteiger partial charge in [0.25, 0.3) is 0 Å². The lowest BCUT2D eigenvalue weighted by atomic mass is 10.1. The summed E-state index contributed by atoms with van der Waals surface area (Å²) < 4.78 is 33.4. The highest BCUT2D eigenvalue weighted by molar-refractivity contribution is 7.89. The minimum Gasteiger partial charge on any atom is -0.496 e. The average molecular weight is 391 g/mol. The molecule has 0 aliphatic carbocycles. The third kappa shape index (κ3) is 5.80. The lowest BCUT2D eigenvalue weighted by molar-refractivity contribution is -0.122. The van der Waals surface area contributed by atoms with E-state index in [0.29, 0.717) is 17.9 Å². The lowest BCUT2D eigenvalue weighted by Crippen LogP contribution is -2.48. The van der Waals surface area contributed by atoms with Gasteiger partial charge in [0.15, 0.2) is 0 Å². The number of aryl methyl sites for hydroxylation is 1. The maximum atomic E-state index is 12.8. The van der Waals surface area contributed by atoms with Crippen LogP contribution in [-0.4, -0.2) is 34.0 Å². The van der Waals surface area contributed by atoms with E-state index in [9.17, 15) is 13.2 Å². The summed E-state index contributed by atoms with van der Waals surface area (Å²) in [5.74, 6) is 0.269. The predicted octanol–water partition coefficient (Wildman–Crippen LogP) is 2.42. The molecule has 6 nitrogen and oxygen atoms in total. The Labute approximate surface area is 161 Å². The van der Waals surface area contributed by atoms with E-state index in [0.717, 1.165) is 12.0 Å². The van der Waals surface area contributed by atoms with Crippen molar-refractivity contribution in [3.63, 3.8) is 0 Å². The minimum absolute atomic E-state index is 0.0992. The molecular weight excluding hydrogens is 364 g/mol. The van der Waals surface area contributed by atoms with Gasteiger partial charge >= 0.3 is 0 Å². The van der Waals surface area contributed by atoms with Gasteiger partial charge in [0, 0.05) is 6.54 Å². The Balaban J connectivity index is 2.26. The van der Waals surface area contributed by atoms with Crippen LogP contribution >= 0.6 is 0 Å². The minimum atomic E-state index is -3.86. The molecule has 27 heavy (non-hydrogen) atoms. The summed E-state index contributed by atoms with van der Waals surface area (Å²) in [5.41, 5.74) is 1.58. The van der Waals surface area contributed by atoms with E-state index in [1.165, 1.54) is 19.2 Å². The monoisotopic (exact) mass is 390 g/mol. The normalized spacial score (nSPS) is 12.4. The van der Waals surface area contributed by atoms with Crippen LogP contribution < -0.4 is 14.8 Å². The standard InChI is InChI=1S/C20H26N2O4S/c1-4-12-21-20(23)18(14-16-8-6-5-7-9-16)22-27(24,25)17-10-11-19(26-3)15(2)13-17/h5-11,13,18,22H,4,12,14H2,1-3H3,(H,21,23). The molecule has 2 aromatic rings. The topological polar surface area (TPSA) is 84.5 Å². The largest absolute Gasteiger partial charge is 0.496 e. The maximum Gasteiger partial charge on any atom is 0.241 e. The first kappa shape index (κ1) is 20.9. The van der Waals surface area contributed by atoms with E-state index in [4.69, 9.17) is 4.74 Å². The quantitative estimate of drug-likeness (QED) is 0.689. The number of carbonyl (C=O) groups is 1. The number of hydrogen-bond donors (Lipinski definition) is 2. The lowest BCUT2D eigenvalue weighted by Gasteiger charge is -2.19. The molecule has 7 heteroatoms. The molecule has 0 bridgehead atoms. The molecule has 0 fully saturated rings. The molecule has 0 aliphatic heterocycles. The highest BCUT2D eigenvalue weighted by Gasteiger charge is 2.26. The molecule has 0 aromatic heterocycles. The van der Waals surface area contributed by atoms with E-state index < -0.39 is 16.1 Å². The van der Waals surface area contributed by atoms with Gasteiger partial charge in [-0.1, -0.05) is 37.3 Å². The zero-order valence-corrected chi connectivity index (χ0v) is 16.7. The van der Waals surface area contributed by atoms with Crippen LogP contribution in [0.1, 0.15) is 24.5 Å². The summed E-state index contributed by atoms with van der Waals surface area (Å²) in [6, 6.07) is 13.0. The van der Waals surface area contributed by atoms with Crippen molar-refractivity contribution < 1.29 is 17.9 Å². The van der Waals surface area contributed by atoms with Crippen LogP contribution in [0.2, 0.25) is 0 Å². The molecule has 0 radical (unpaired) electrons. The first-order valence-corrected chi connectivity index (χ1v) is 10.3. The van der Waals surface area contributed by atoms with Gasteiger partial charge in [-0.3, -0.25) is 4.79 Å². The molecule has 0 spiro atoms. The Morgan fingerprint density at radius 1 is 1.15 bits per heavy atom. The summed E-state index contributed by atoms with van der Waals surface area (Å²) in [6.07, 6.45) is 1.04. The molecule has 2 rings (SSSR count). The third-order valence-corrected chi connectivity index (χ3v) is 5.59. The van der Waals surface area contributed by atoms with Gasteiger partial charge in [0.1, 0.15) is 11.8 Å². The summed E-state index contributed by atoms with van der Waals surface area (Å²) in [7, 11) is -2.33. The van der Waals surface area contributed by atoms with Crippen LogP contribution in [0.3, 0.4) is 0 Å². The van der Waals surface area contributed by atoms with Gasteiger partial charge in [-0.05, 0) is 49.1 Å². The summed E-state index contributed by atoms with van der Waals surface area (Å²) >= 11 is 0. The predicted molar refractivity (Wildman–Crippen MR) is 105 cm³/mol. The Bertz CT molecular complexity index is 867. The van der Waals surface area contributed by atoms with Crippen molar-refractivity contribution in [1.82, 2.24) is 10.0 Å². The number of sulfonamides is 1. The number of benzene rings is 2. The van der Waals surface area contributed by atoms with E-state index in [1.807, 2.05) is 37.3 Å². The summed E-state index contributed by atoms with van der Waals surface area (Å²) in [4.78, 5) is 12.6. The number of methoxy groups -OCH3 is 1. The molecule has 1 atom stereocenters. The Kier molecular flexibility index (Phi) is 7.38. The fourth-order valence-corrected chi connectivity index (χ4v) is 3.96. The van der Waals surface area contributed by atoms with Crippen molar-refractivity contribution in [3.05, 3.63) is 59.7 Å². The number of rotatable bonds is 9. The Morgan fingerprint density at radius 2 is 1.85 bits per heavy atom. The molecule has 1 unspecified atom stereocenters. The van der Waals surface area contributed by atoms with Crippen molar-refractivity contribution in [3.8, 4) is 5.75 Å². The molecule has 0 heterocycles. The fraction of sp³-hybridized carbons (Fsp3) is 0.350. The number of amides is 1. The number of carbonyl (C=O) groups excluding carboxylic acids is 1. The molecule has 2 aromatic carbocycles. The molecule has 0 saturated heterocycles. The van der Waals surface area contributed by atoms with Crippen molar-refractivity contribution in [2.24, 2.45) is 0 Å². The first-order valence-electron chi connectivity index (χ1n) is 8.86. The average Bonchev–Trinajstić information content (AvgIpc) is 2.66. The number of hydrogen-bond acceptors (Lipinski definition) is 4. The fourth-order valence-electron chi connectivity index (χ4n) is 2.68. The van der Waals surface area contributed by atoms with E-state index in [2.05, 4.69) is 10.0 Å². The van der Waals surface area contributed by atoms with Gasteiger partial charge < -0.3 is 10.1 Å². The summed E-state index contributed by atoms with van der Waals surface area (Å²) in [5, 5.41) is 2.77. The zero-order valence-electron chi connectivity index (χ0n) is 15.9. The molecular formula is C20H26N2O4S. The van der Waals surface area contributed by atoms with Gasteiger partial charge in [-0.2, -0.15) is 4.72 Å². The number of ether oxygens (including phenoxy) is 1. The van der Waals surface area contributed by atoms with E-state index >= 15 is 0 Å². The molecule has 1 amide bonds. The smallest absolute Gasteiger partial charge is 0.241 e. The molecule has 0 aliphatic rings. The highest BCUT2D eigenvalue weighted by atomic mass is 32.2. The van der Waals surface area contributed by atoms with Gasteiger partial charge in [0.2, 0.25) is 15.9 Å². The molecule has 0 saturated carbocycles. The zero-order chi connectivity index (χ0) is 19.9. The van der Waals surface area contributed by atoms with Crippen molar-refractivity contribution in [2.75, 3.05) is 13.7 Å². The Hall–Kier alpha value is -2.38. The van der Waals surface area contributed by atoms with Crippen molar-refractivity contribution in [2.45, 2.75) is 37.6 Å². The van der Waals surface area contributed by atoms with Crippen molar-refractivity contribution >= 4 is 15.9 Å². The second kappa shape index (κ2) is 9.53. The molecule has 2 N–H and O–H groups in total. The highest BCUT2D eigenvalue weighted by Crippen LogP contribution is 2.21. The third-order valence-electron chi connectivity index (χ3n) is 4.12. The number of nitrogens with one attached hydrogen (secondary N) is 2. The van der Waals surface area contributed by atoms with E-state index in [1.54, 1.807) is 13.0 Å². The summed E-state index contributed by atoms with van der Waals surface area (Å²) in [6.45, 7) is 4.21. The van der Waals surface area contributed by atoms with E-state index in [-0.39, 0.29) is 17.2 Å². The second-order valence-electron chi connectivity index (χ2n) is 6.29. The first-order chi connectivity index (χ1) is 12.9.